The molecule has 30 heavy (non-hydrogen) atoms. The van der Waals surface area contributed by atoms with Gasteiger partial charge in [0.1, 0.15) is 5.82 Å². The van der Waals surface area contributed by atoms with Gasteiger partial charge in [-0.25, -0.2) is 15.0 Å². The highest BCUT2D eigenvalue weighted by atomic mass is 35.5. The Morgan fingerprint density at radius 1 is 1.17 bits per heavy atom. The number of halogens is 1. The van der Waals surface area contributed by atoms with Gasteiger partial charge in [-0.3, -0.25) is 4.79 Å². The van der Waals surface area contributed by atoms with Crippen molar-refractivity contribution in [2.24, 2.45) is 0 Å². The Morgan fingerprint density at radius 2 is 1.93 bits per heavy atom. The minimum Gasteiger partial charge on any atom is -0.341 e. The zero-order chi connectivity index (χ0) is 21.3. The third-order valence-corrected chi connectivity index (χ3v) is 5.20. The van der Waals surface area contributed by atoms with Crippen LogP contribution in [0.1, 0.15) is 49.8 Å². The SMILES string of the molecule is CC(C)(C)c1cc(NC(=O)c2nc(N3CCCC3)ncc2Cl)n(-c2ccccn2)n1. The van der Waals surface area contributed by atoms with Crippen LogP contribution in [0.5, 0.6) is 0 Å². The van der Waals surface area contributed by atoms with Crippen molar-refractivity contribution in [2.75, 3.05) is 23.3 Å². The Hall–Kier alpha value is -3.00. The first-order valence-corrected chi connectivity index (χ1v) is 10.3. The Labute approximate surface area is 180 Å². The lowest BCUT2D eigenvalue weighted by atomic mass is 9.92. The number of hydrogen-bond donors (Lipinski definition) is 1. The molecular formula is C21H24ClN7O. The number of nitrogens with one attached hydrogen (secondary N) is 1. The van der Waals surface area contributed by atoms with Gasteiger partial charge in [0.2, 0.25) is 5.95 Å². The molecule has 1 aliphatic rings. The van der Waals surface area contributed by atoms with Gasteiger partial charge in [-0.1, -0.05) is 38.4 Å². The van der Waals surface area contributed by atoms with Crippen molar-refractivity contribution in [1.29, 1.82) is 0 Å². The van der Waals surface area contributed by atoms with Crippen LogP contribution in [0.3, 0.4) is 0 Å². The first-order valence-electron chi connectivity index (χ1n) is 9.94. The van der Waals surface area contributed by atoms with Crippen LogP contribution in [0.15, 0.2) is 36.7 Å². The van der Waals surface area contributed by atoms with Gasteiger partial charge in [-0.05, 0) is 25.0 Å². The van der Waals surface area contributed by atoms with E-state index in [1.54, 1.807) is 10.9 Å². The average molecular weight is 426 g/mol. The number of hydrogen-bond acceptors (Lipinski definition) is 6. The van der Waals surface area contributed by atoms with Crippen molar-refractivity contribution in [2.45, 2.75) is 39.0 Å². The van der Waals surface area contributed by atoms with E-state index in [1.165, 1.54) is 6.20 Å². The summed E-state index contributed by atoms with van der Waals surface area (Å²) in [6, 6.07) is 7.38. The second-order valence-electron chi connectivity index (χ2n) is 8.28. The van der Waals surface area contributed by atoms with E-state index >= 15 is 0 Å². The first-order chi connectivity index (χ1) is 14.3. The number of amides is 1. The van der Waals surface area contributed by atoms with Crippen LogP contribution in [-0.2, 0) is 5.41 Å². The maximum Gasteiger partial charge on any atom is 0.277 e. The molecular weight excluding hydrogens is 402 g/mol. The van der Waals surface area contributed by atoms with Crippen molar-refractivity contribution in [3.8, 4) is 5.82 Å². The molecule has 1 N–H and O–H groups in total. The molecule has 156 valence electrons. The van der Waals surface area contributed by atoms with Crippen LogP contribution >= 0.6 is 11.6 Å². The third-order valence-electron chi connectivity index (χ3n) is 4.92. The molecule has 3 aromatic heterocycles. The van der Waals surface area contributed by atoms with Crippen LogP contribution in [0.2, 0.25) is 5.02 Å². The fourth-order valence-electron chi connectivity index (χ4n) is 3.25. The summed E-state index contributed by atoms with van der Waals surface area (Å²) in [4.78, 5) is 28.2. The maximum absolute atomic E-state index is 13.1. The molecule has 1 amide bonds. The number of nitrogens with zero attached hydrogens (tertiary/aromatic N) is 6. The van der Waals surface area contributed by atoms with Crippen molar-refractivity contribution < 1.29 is 4.79 Å². The highest BCUT2D eigenvalue weighted by Gasteiger charge is 2.24. The van der Waals surface area contributed by atoms with Gasteiger partial charge in [-0.15, -0.1) is 0 Å². The number of carbonyl (C=O) groups is 1. The van der Waals surface area contributed by atoms with E-state index in [0.717, 1.165) is 31.6 Å². The van der Waals surface area contributed by atoms with Gasteiger partial charge in [0.15, 0.2) is 11.5 Å². The molecule has 9 heteroatoms. The summed E-state index contributed by atoms with van der Waals surface area (Å²) in [5.41, 5.74) is 0.768. The molecule has 0 saturated carbocycles. The monoisotopic (exact) mass is 425 g/mol. The molecule has 1 aliphatic heterocycles. The lowest BCUT2D eigenvalue weighted by Gasteiger charge is -2.16. The van der Waals surface area contributed by atoms with E-state index in [2.05, 4.69) is 51.0 Å². The van der Waals surface area contributed by atoms with E-state index in [-0.39, 0.29) is 16.1 Å². The normalized spacial score (nSPS) is 14.2. The minimum atomic E-state index is -0.416. The second kappa shape index (κ2) is 8.02. The molecule has 0 aromatic carbocycles. The van der Waals surface area contributed by atoms with Gasteiger partial charge in [-0.2, -0.15) is 9.78 Å². The van der Waals surface area contributed by atoms with Gasteiger partial charge in [0.25, 0.3) is 5.91 Å². The number of pyridine rings is 1. The average Bonchev–Trinajstić information content (AvgIpc) is 3.39. The van der Waals surface area contributed by atoms with E-state index in [1.807, 2.05) is 24.3 Å². The summed E-state index contributed by atoms with van der Waals surface area (Å²) in [6.07, 6.45) is 5.34. The largest absolute Gasteiger partial charge is 0.341 e. The fourth-order valence-corrected chi connectivity index (χ4v) is 3.43. The quantitative estimate of drug-likeness (QED) is 0.682. The Bertz CT molecular complexity index is 1050. The van der Waals surface area contributed by atoms with Crippen molar-refractivity contribution >= 4 is 29.3 Å². The molecule has 8 nitrogen and oxygen atoms in total. The van der Waals surface area contributed by atoms with E-state index in [0.29, 0.717) is 17.6 Å². The highest BCUT2D eigenvalue weighted by Crippen LogP contribution is 2.27. The maximum atomic E-state index is 13.1. The topological polar surface area (TPSA) is 88.8 Å². The molecule has 0 radical (unpaired) electrons. The fraction of sp³-hybridized carbons (Fsp3) is 0.381. The number of rotatable bonds is 4. The zero-order valence-electron chi connectivity index (χ0n) is 17.3. The Morgan fingerprint density at radius 3 is 2.60 bits per heavy atom. The van der Waals surface area contributed by atoms with Crippen molar-refractivity contribution in [3.63, 3.8) is 0 Å². The van der Waals surface area contributed by atoms with Crippen LogP contribution in [-0.4, -0.2) is 43.7 Å². The van der Waals surface area contributed by atoms with Crippen LogP contribution in [0.4, 0.5) is 11.8 Å². The van der Waals surface area contributed by atoms with Gasteiger partial charge < -0.3 is 10.2 Å². The lowest BCUT2D eigenvalue weighted by Crippen LogP contribution is -2.23. The molecule has 4 heterocycles. The van der Waals surface area contributed by atoms with Crippen molar-refractivity contribution in [1.82, 2.24) is 24.7 Å². The summed E-state index contributed by atoms with van der Waals surface area (Å²) in [5, 5.41) is 7.78. The predicted molar refractivity (Wildman–Crippen MR) is 117 cm³/mol. The van der Waals surface area contributed by atoms with Crippen LogP contribution in [0, 0.1) is 0 Å². The molecule has 0 aliphatic carbocycles. The summed E-state index contributed by atoms with van der Waals surface area (Å²) < 4.78 is 1.62. The number of carbonyl (C=O) groups excluding carboxylic acids is 1. The highest BCUT2D eigenvalue weighted by molar-refractivity contribution is 6.34. The molecule has 0 bridgehead atoms. The zero-order valence-corrected chi connectivity index (χ0v) is 18.0. The van der Waals surface area contributed by atoms with E-state index in [9.17, 15) is 4.79 Å². The number of aromatic nitrogens is 5. The molecule has 1 saturated heterocycles. The van der Waals surface area contributed by atoms with Crippen LogP contribution in [0.25, 0.3) is 5.82 Å². The summed E-state index contributed by atoms with van der Waals surface area (Å²) in [7, 11) is 0. The summed E-state index contributed by atoms with van der Waals surface area (Å²) >= 11 is 6.26. The lowest BCUT2D eigenvalue weighted by molar-refractivity contribution is 0.102. The molecule has 3 aromatic rings. The van der Waals surface area contributed by atoms with Crippen LogP contribution < -0.4 is 10.2 Å². The van der Waals surface area contributed by atoms with E-state index < -0.39 is 5.91 Å². The second-order valence-corrected chi connectivity index (χ2v) is 8.69. The van der Waals surface area contributed by atoms with E-state index in [4.69, 9.17) is 11.6 Å². The van der Waals surface area contributed by atoms with Crippen molar-refractivity contribution in [3.05, 3.63) is 53.1 Å². The smallest absolute Gasteiger partial charge is 0.277 e. The predicted octanol–water partition coefficient (Wildman–Crippen LogP) is 3.86. The molecule has 0 unspecified atom stereocenters. The number of anilines is 2. The van der Waals surface area contributed by atoms with Gasteiger partial charge in [0, 0.05) is 30.8 Å². The third kappa shape index (κ3) is 4.14. The Balaban J connectivity index is 1.68. The molecule has 4 rings (SSSR count). The Kier molecular flexibility index (Phi) is 5.42. The summed E-state index contributed by atoms with van der Waals surface area (Å²) in [6.45, 7) is 7.95. The molecule has 0 spiro atoms. The van der Waals surface area contributed by atoms with Gasteiger partial charge in [0.05, 0.1) is 16.9 Å². The molecule has 1 fully saturated rings. The first kappa shape index (κ1) is 20.3. The van der Waals surface area contributed by atoms with Gasteiger partial charge >= 0.3 is 0 Å². The molecule has 0 atom stereocenters. The minimum absolute atomic E-state index is 0.139. The standard InChI is InChI=1S/C21H24ClN7O/c1-21(2,3)15-12-17(29(27-15)16-8-4-5-9-23-16)25-19(30)18-14(22)13-24-20(26-18)28-10-6-7-11-28/h4-5,8-9,12-13H,6-7,10-11H2,1-3H3,(H,25,30). The summed E-state index contributed by atoms with van der Waals surface area (Å²) in [5.74, 6) is 1.21.